The molecule has 0 spiro atoms. The lowest BCUT2D eigenvalue weighted by Gasteiger charge is -2.13. The summed E-state index contributed by atoms with van der Waals surface area (Å²) in [5.74, 6) is 0. The summed E-state index contributed by atoms with van der Waals surface area (Å²) in [5, 5.41) is 6.98. The number of benzene rings is 1. The zero-order valence-corrected chi connectivity index (χ0v) is 10.2. The second-order valence-corrected chi connectivity index (χ2v) is 4.12. The van der Waals surface area contributed by atoms with Crippen molar-refractivity contribution in [1.82, 2.24) is 15.0 Å². The van der Waals surface area contributed by atoms with E-state index in [1.54, 1.807) is 0 Å². The van der Waals surface area contributed by atoms with Gasteiger partial charge in [0.05, 0.1) is 28.7 Å². The number of halogens is 6. The van der Waals surface area contributed by atoms with Gasteiger partial charge in [0, 0.05) is 6.54 Å². The fraction of sp³-hybridized carbons (Fsp3) is 0.273. The highest BCUT2D eigenvalue weighted by atomic mass is 19.4. The van der Waals surface area contributed by atoms with E-state index in [1.165, 1.54) is 0 Å². The van der Waals surface area contributed by atoms with Gasteiger partial charge in [-0.05, 0) is 18.2 Å². The predicted molar refractivity (Wildman–Crippen MR) is 59.3 cm³/mol. The van der Waals surface area contributed by atoms with E-state index < -0.39 is 29.2 Å². The lowest BCUT2D eigenvalue weighted by molar-refractivity contribution is -0.143. The van der Waals surface area contributed by atoms with E-state index in [2.05, 4.69) is 10.3 Å². The molecule has 0 aliphatic rings. The van der Waals surface area contributed by atoms with E-state index in [0.29, 0.717) is 12.1 Å². The Morgan fingerprint density at radius 3 is 1.86 bits per heavy atom. The molecule has 1 aromatic heterocycles. The van der Waals surface area contributed by atoms with Crippen molar-refractivity contribution in [2.24, 2.45) is 5.73 Å². The molecule has 1 heterocycles. The van der Waals surface area contributed by atoms with Crippen LogP contribution in [0.2, 0.25) is 0 Å². The van der Waals surface area contributed by atoms with Gasteiger partial charge in [-0.3, -0.25) is 0 Å². The van der Waals surface area contributed by atoms with Gasteiger partial charge in [0.25, 0.3) is 0 Å². The van der Waals surface area contributed by atoms with Crippen molar-refractivity contribution in [3.8, 4) is 5.69 Å². The Morgan fingerprint density at radius 2 is 1.48 bits per heavy atom. The topological polar surface area (TPSA) is 56.7 Å². The Hall–Kier alpha value is -2.10. The number of hydrogen-bond donors (Lipinski definition) is 1. The van der Waals surface area contributed by atoms with Gasteiger partial charge in [-0.2, -0.15) is 26.3 Å². The summed E-state index contributed by atoms with van der Waals surface area (Å²) in [5.41, 5.74) is 2.26. The molecule has 0 unspecified atom stereocenters. The number of alkyl halides is 6. The molecular formula is C11H8F6N4. The van der Waals surface area contributed by atoms with Crippen LogP contribution in [-0.2, 0) is 18.9 Å². The fourth-order valence-corrected chi connectivity index (χ4v) is 1.59. The Kier molecular flexibility index (Phi) is 3.66. The highest BCUT2D eigenvalue weighted by molar-refractivity contribution is 5.42. The second-order valence-electron chi connectivity index (χ2n) is 4.12. The van der Waals surface area contributed by atoms with Crippen LogP contribution in [-0.4, -0.2) is 15.0 Å². The fourth-order valence-electron chi connectivity index (χ4n) is 1.59. The molecule has 0 amide bonds. The third-order valence-corrected chi connectivity index (χ3v) is 2.59. The van der Waals surface area contributed by atoms with Gasteiger partial charge >= 0.3 is 12.4 Å². The van der Waals surface area contributed by atoms with E-state index >= 15 is 0 Å². The van der Waals surface area contributed by atoms with Crippen LogP contribution in [0.25, 0.3) is 5.69 Å². The molecule has 114 valence electrons. The molecule has 0 fully saturated rings. The first-order valence-electron chi connectivity index (χ1n) is 5.52. The van der Waals surface area contributed by atoms with Crippen LogP contribution in [0.15, 0.2) is 24.4 Å². The summed E-state index contributed by atoms with van der Waals surface area (Å²) in [7, 11) is 0. The quantitative estimate of drug-likeness (QED) is 0.868. The maximum Gasteiger partial charge on any atom is 0.416 e. The Balaban J connectivity index is 2.60. The normalized spacial score (nSPS) is 12.7. The number of hydrogen-bond acceptors (Lipinski definition) is 3. The largest absolute Gasteiger partial charge is 0.416 e. The molecule has 1 aromatic carbocycles. The number of nitrogens with two attached hydrogens (primary N) is 1. The summed E-state index contributed by atoms with van der Waals surface area (Å²) < 4.78 is 77.0. The minimum Gasteiger partial charge on any atom is -0.325 e. The van der Waals surface area contributed by atoms with Crippen molar-refractivity contribution in [1.29, 1.82) is 0 Å². The molecule has 2 N–H and O–H groups in total. The van der Waals surface area contributed by atoms with Crippen LogP contribution in [0.5, 0.6) is 0 Å². The van der Waals surface area contributed by atoms with E-state index in [9.17, 15) is 26.3 Å². The minimum absolute atomic E-state index is 0.0366. The Labute approximate surface area is 114 Å². The number of nitrogens with zero attached hydrogens (tertiary/aromatic N) is 3. The molecule has 0 saturated heterocycles. The number of aromatic nitrogens is 3. The molecule has 2 rings (SSSR count). The van der Waals surface area contributed by atoms with Crippen LogP contribution in [0.3, 0.4) is 0 Å². The van der Waals surface area contributed by atoms with Gasteiger partial charge < -0.3 is 5.73 Å². The van der Waals surface area contributed by atoms with Crippen molar-refractivity contribution in [2.45, 2.75) is 18.9 Å². The third kappa shape index (κ3) is 3.32. The molecule has 0 bridgehead atoms. The molecular weight excluding hydrogens is 302 g/mol. The molecule has 0 radical (unpaired) electrons. The van der Waals surface area contributed by atoms with Gasteiger partial charge in [-0.15, -0.1) is 5.10 Å². The molecule has 21 heavy (non-hydrogen) atoms. The first-order valence-corrected chi connectivity index (χ1v) is 5.52. The van der Waals surface area contributed by atoms with Crippen molar-refractivity contribution >= 4 is 0 Å². The van der Waals surface area contributed by atoms with Crippen molar-refractivity contribution < 1.29 is 26.3 Å². The average Bonchev–Trinajstić information content (AvgIpc) is 2.85. The maximum absolute atomic E-state index is 12.7. The van der Waals surface area contributed by atoms with E-state index in [-0.39, 0.29) is 18.3 Å². The lowest BCUT2D eigenvalue weighted by atomic mass is 10.1. The molecule has 0 saturated carbocycles. The van der Waals surface area contributed by atoms with Crippen LogP contribution >= 0.6 is 0 Å². The summed E-state index contributed by atoms with van der Waals surface area (Å²) in [6, 6.07) is 1.17. The molecule has 0 atom stereocenters. The molecule has 0 aliphatic carbocycles. The summed E-state index contributed by atoms with van der Waals surface area (Å²) in [6.45, 7) is -0.0366. The van der Waals surface area contributed by atoms with E-state index in [1.807, 2.05) is 0 Å². The van der Waals surface area contributed by atoms with Gasteiger partial charge in [0.1, 0.15) is 0 Å². The number of rotatable bonds is 2. The van der Waals surface area contributed by atoms with E-state index in [4.69, 9.17) is 5.73 Å². The first-order chi connectivity index (χ1) is 9.61. The van der Waals surface area contributed by atoms with Crippen molar-refractivity contribution in [3.63, 3.8) is 0 Å². The van der Waals surface area contributed by atoms with Crippen LogP contribution < -0.4 is 5.73 Å². The van der Waals surface area contributed by atoms with Gasteiger partial charge in [-0.25, -0.2) is 4.68 Å². The summed E-state index contributed by atoms with van der Waals surface area (Å²) in [4.78, 5) is 0. The predicted octanol–water partition coefficient (Wildman–Crippen LogP) is 2.76. The summed E-state index contributed by atoms with van der Waals surface area (Å²) >= 11 is 0. The van der Waals surface area contributed by atoms with Crippen molar-refractivity contribution in [2.75, 3.05) is 0 Å². The van der Waals surface area contributed by atoms with Gasteiger partial charge in [0.2, 0.25) is 0 Å². The zero-order valence-electron chi connectivity index (χ0n) is 10.2. The van der Waals surface area contributed by atoms with Crippen LogP contribution in [0.4, 0.5) is 26.3 Å². The smallest absolute Gasteiger partial charge is 0.325 e. The monoisotopic (exact) mass is 310 g/mol. The second kappa shape index (κ2) is 5.02. The SMILES string of the molecule is NCc1cn(-c2cc(C(F)(F)F)cc(C(F)(F)F)c2)nn1. The minimum atomic E-state index is -4.91. The molecule has 4 nitrogen and oxygen atoms in total. The zero-order chi connectivity index (χ0) is 15.8. The van der Waals surface area contributed by atoms with E-state index in [0.717, 1.165) is 10.9 Å². The lowest BCUT2D eigenvalue weighted by Crippen LogP contribution is -2.12. The average molecular weight is 310 g/mol. The first kappa shape index (κ1) is 15.3. The van der Waals surface area contributed by atoms with Crippen LogP contribution in [0.1, 0.15) is 16.8 Å². The molecule has 0 aliphatic heterocycles. The van der Waals surface area contributed by atoms with Crippen molar-refractivity contribution in [3.05, 3.63) is 41.2 Å². The Bertz CT molecular complexity index is 611. The maximum atomic E-state index is 12.7. The highest BCUT2D eigenvalue weighted by Gasteiger charge is 2.37. The van der Waals surface area contributed by atoms with Crippen LogP contribution in [0, 0.1) is 0 Å². The van der Waals surface area contributed by atoms with Gasteiger partial charge in [0.15, 0.2) is 0 Å². The standard InChI is InChI=1S/C11H8F6N4/c12-10(13,14)6-1-7(11(15,16)17)3-9(2-6)21-5-8(4-18)19-20-21/h1-3,5H,4,18H2. The summed E-state index contributed by atoms with van der Waals surface area (Å²) in [6.07, 6.45) is -8.66. The van der Waals surface area contributed by atoms with Gasteiger partial charge in [-0.1, -0.05) is 5.21 Å². The molecule has 2 aromatic rings. The Morgan fingerprint density at radius 1 is 0.952 bits per heavy atom. The highest BCUT2D eigenvalue weighted by Crippen LogP contribution is 2.36. The molecule has 10 heteroatoms. The third-order valence-electron chi connectivity index (χ3n) is 2.59.